The van der Waals surface area contributed by atoms with Crippen LogP contribution >= 0.6 is 14.5 Å². The van der Waals surface area contributed by atoms with E-state index in [2.05, 4.69) is 182 Å². The number of rotatable bonds is 8. The second-order valence-corrected chi connectivity index (χ2v) is 23.2. The zero-order valence-corrected chi connectivity index (χ0v) is 37.3. The van der Waals surface area contributed by atoms with Gasteiger partial charge in [-0.25, -0.2) is 0 Å². The maximum absolute atomic E-state index is 8.89. The van der Waals surface area contributed by atoms with E-state index in [9.17, 15) is 0 Å². The summed E-state index contributed by atoms with van der Waals surface area (Å²) in [5.41, 5.74) is 1.49. The average molecular weight is 837 g/mol. The van der Waals surface area contributed by atoms with Crippen molar-refractivity contribution in [3.63, 3.8) is 0 Å². The van der Waals surface area contributed by atoms with Crippen molar-refractivity contribution in [2.45, 2.75) is 102 Å². The van der Waals surface area contributed by atoms with E-state index in [0.29, 0.717) is 0 Å². The van der Waals surface area contributed by atoms with Crippen LogP contribution in [0.1, 0.15) is 90.9 Å². The first kappa shape index (κ1) is 46.2. The van der Waals surface area contributed by atoms with Gasteiger partial charge in [0.05, 0.1) is 11.3 Å². The number of aliphatic carboxylic acids is 2. The van der Waals surface area contributed by atoms with Crippen LogP contribution in [0, 0.1) is 0 Å². The molecule has 2 fully saturated rings. The number of hydrogen-bond donors (Lipinski definition) is 0. The number of carbonyl (C=O) groups excluding carboxylic acids is 2. The van der Waals surface area contributed by atoms with E-state index >= 15 is 0 Å². The molecule has 0 unspecified atom stereocenters. The summed E-state index contributed by atoms with van der Waals surface area (Å²) in [5, 5.41) is 27.1. The summed E-state index contributed by atoms with van der Waals surface area (Å²) in [6.45, 7) is 1.94. The molecule has 312 valence electrons. The Labute approximate surface area is 360 Å². The molecule has 0 bridgehead atoms. The van der Waals surface area contributed by atoms with Crippen molar-refractivity contribution in [1.82, 2.24) is 0 Å². The largest absolute Gasteiger partial charge is 0.550 e. The van der Waals surface area contributed by atoms with Gasteiger partial charge in [-0.1, -0.05) is 135 Å². The van der Waals surface area contributed by atoms with Gasteiger partial charge < -0.3 is 19.8 Å². The predicted molar refractivity (Wildman–Crippen MR) is 255 cm³/mol. The SMILES string of the molecule is CC(=O)[O-].CC(=O)[O-].c1ccc([P+](c2ccccc2)(c2ccccc2)C2CCCCCC2)cc1.c1ccc([P+](c2ccccc2)(c2ccccc2)C2CCCCCC2)cc1. The first-order valence-corrected chi connectivity index (χ1v) is 25.5. The summed E-state index contributed by atoms with van der Waals surface area (Å²) in [5.74, 6) is -2.17. The fraction of sp³-hybridized carbons (Fsp3) is 0.296. The van der Waals surface area contributed by atoms with E-state index in [0.717, 1.165) is 25.2 Å². The van der Waals surface area contributed by atoms with Crippen molar-refractivity contribution < 1.29 is 19.8 Å². The van der Waals surface area contributed by atoms with E-state index in [1.54, 1.807) is 31.8 Å². The van der Waals surface area contributed by atoms with Gasteiger partial charge in [-0.2, -0.15) is 0 Å². The highest BCUT2D eigenvalue weighted by Gasteiger charge is 2.53. The van der Waals surface area contributed by atoms with Gasteiger partial charge in [0.2, 0.25) is 0 Å². The van der Waals surface area contributed by atoms with Crippen molar-refractivity contribution in [3.8, 4) is 0 Å². The topological polar surface area (TPSA) is 80.3 Å². The summed E-state index contributed by atoms with van der Waals surface area (Å²) >= 11 is 0. The highest BCUT2D eigenvalue weighted by atomic mass is 31.2. The molecular formula is C54H62O4P2. The van der Waals surface area contributed by atoms with Gasteiger partial charge in [0.15, 0.2) is 0 Å². The first-order valence-electron chi connectivity index (χ1n) is 21.8. The van der Waals surface area contributed by atoms with E-state index in [4.69, 9.17) is 19.8 Å². The van der Waals surface area contributed by atoms with Crippen molar-refractivity contribution in [2.75, 3.05) is 0 Å². The molecule has 0 N–H and O–H groups in total. The number of carbonyl (C=O) groups is 2. The summed E-state index contributed by atoms with van der Waals surface area (Å²) < 4.78 is 0. The third kappa shape index (κ3) is 12.1. The predicted octanol–water partition coefficient (Wildman–Crippen LogP) is 8.92. The molecule has 6 aromatic rings. The summed E-state index contributed by atoms with van der Waals surface area (Å²) in [6.07, 6.45) is 16.5. The quantitative estimate of drug-likeness (QED) is 0.113. The van der Waals surface area contributed by atoms with Gasteiger partial charge in [-0.3, -0.25) is 0 Å². The van der Waals surface area contributed by atoms with Crippen LogP contribution < -0.4 is 42.0 Å². The average Bonchev–Trinajstić information content (AvgIpc) is 3.74. The van der Waals surface area contributed by atoms with Gasteiger partial charge in [-0.05, 0) is 138 Å². The Morgan fingerprint density at radius 3 is 0.633 bits per heavy atom. The zero-order chi connectivity index (χ0) is 42.5. The minimum atomic E-state index is -1.66. The highest BCUT2D eigenvalue weighted by molar-refractivity contribution is 7.96. The lowest BCUT2D eigenvalue weighted by molar-refractivity contribution is -0.303. The Bertz CT molecular complexity index is 1730. The molecule has 0 atom stereocenters. The van der Waals surface area contributed by atoms with Gasteiger partial charge >= 0.3 is 0 Å². The van der Waals surface area contributed by atoms with Crippen LogP contribution in [-0.2, 0) is 9.59 Å². The fourth-order valence-electron chi connectivity index (χ4n) is 9.43. The normalized spacial score (nSPS) is 14.8. The fourth-order valence-corrected chi connectivity index (χ4v) is 19.9. The van der Waals surface area contributed by atoms with Gasteiger partial charge in [-0.15, -0.1) is 0 Å². The van der Waals surface area contributed by atoms with Crippen molar-refractivity contribution in [2.24, 2.45) is 0 Å². The zero-order valence-electron chi connectivity index (χ0n) is 35.5. The minimum absolute atomic E-state index is 0.747. The van der Waals surface area contributed by atoms with E-state index in [1.165, 1.54) is 77.0 Å². The number of carboxylic acids is 2. The molecule has 0 spiro atoms. The van der Waals surface area contributed by atoms with Gasteiger partial charge in [0.1, 0.15) is 46.4 Å². The first-order chi connectivity index (χ1) is 29.3. The van der Waals surface area contributed by atoms with Crippen LogP contribution in [0.4, 0.5) is 0 Å². The molecule has 2 aliphatic rings. The van der Waals surface area contributed by atoms with Crippen molar-refractivity contribution in [1.29, 1.82) is 0 Å². The Hall–Kier alpha value is -4.88. The molecule has 8 rings (SSSR count). The number of hydrogen-bond acceptors (Lipinski definition) is 4. The maximum atomic E-state index is 8.89. The van der Waals surface area contributed by atoms with Gasteiger partial charge in [0.25, 0.3) is 0 Å². The minimum Gasteiger partial charge on any atom is -0.550 e. The van der Waals surface area contributed by atoms with E-state index in [1.807, 2.05) is 0 Å². The second kappa shape index (κ2) is 24.4. The number of carboxylic acid groups (broad SMARTS) is 2. The van der Waals surface area contributed by atoms with Crippen molar-refractivity contribution >= 4 is 58.3 Å². The third-order valence-electron chi connectivity index (χ3n) is 11.7. The standard InChI is InChI=1S/2C25H28P.2C2H4O2/c2*1-2-7-15-22(14-6-1)26(23-16-8-3-9-17-23,24-18-10-4-11-19-24)25-20-12-5-13-21-25;2*1-2(3)4/h2*3-5,8-13,16-22H,1-2,6-7,14-15H2;2*1H3,(H,3,4)/q2*+1;;/p-2. The lowest BCUT2D eigenvalue weighted by Crippen LogP contribution is -2.38. The smallest absolute Gasteiger partial charge is 0.115 e. The van der Waals surface area contributed by atoms with E-state index in [-0.39, 0.29) is 0 Å². The molecule has 4 nitrogen and oxygen atoms in total. The molecule has 2 aliphatic carbocycles. The van der Waals surface area contributed by atoms with Crippen LogP contribution in [0.25, 0.3) is 0 Å². The Balaban J connectivity index is 0.000000193. The molecule has 2 saturated carbocycles. The summed E-state index contributed by atoms with van der Waals surface area (Å²) in [6, 6.07) is 68.3. The lowest BCUT2D eigenvalue weighted by Gasteiger charge is -2.34. The third-order valence-corrected chi connectivity index (χ3v) is 21.6. The molecule has 0 aliphatic heterocycles. The molecule has 0 aromatic heterocycles. The molecule has 0 heterocycles. The molecule has 60 heavy (non-hydrogen) atoms. The molecule has 6 heteroatoms. The molecule has 0 amide bonds. The van der Waals surface area contributed by atoms with Crippen LogP contribution in [0.15, 0.2) is 182 Å². The summed E-state index contributed by atoms with van der Waals surface area (Å²) in [4.78, 5) is 17.8. The van der Waals surface area contributed by atoms with E-state index < -0.39 is 26.5 Å². The monoisotopic (exact) mass is 836 g/mol. The van der Waals surface area contributed by atoms with Crippen molar-refractivity contribution in [3.05, 3.63) is 182 Å². The molecule has 6 aromatic carbocycles. The molecule has 0 radical (unpaired) electrons. The van der Waals surface area contributed by atoms with Gasteiger partial charge in [0, 0.05) is 11.9 Å². The maximum Gasteiger partial charge on any atom is 0.115 e. The van der Waals surface area contributed by atoms with Crippen LogP contribution in [0.3, 0.4) is 0 Å². The number of benzene rings is 6. The Morgan fingerprint density at radius 2 is 0.483 bits per heavy atom. The Morgan fingerprint density at radius 1 is 0.333 bits per heavy atom. The second-order valence-electron chi connectivity index (χ2n) is 15.7. The van der Waals surface area contributed by atoms with Crippen LogP contribution in [-0.4, -0.2) is 23.3 Å². The molecular weight excluding hydrogens is 775 g/mol. The Kier molecular flexibility index (Phi) is 18.8. The van der Waals surface area contributed by atoms with Crippen LogP contribution in [0.2, 0.25) is 0 Å². The lowest BCUT2D eigenvalue weighted by atomic mass is 10.2. The highest BCUT2D eigenvalue weighted by Crippen LogP contribution is 2.64. The molecule has 0 saturated heterocycles. The van der Waals surface area contributed by atoms with Crippen LogP contribution in [0.5, 0.6) is 0 Å². The summed E-state index contributed by atoms with van der Waals surface area (Å²) in [7, 11) is -3.31.